The van der Waals surface area contributed by atoms with Crippen molar-refractivity contribution >= 4 is 46.1 Å². The van der Waals surface area contributed by atoms with Crippen molar-refractivity contribution in [1.29, 1.82) is 0 Å². The van der Waals surface area contributed by atoms with E-state index in [1.165, 1.54) is 23.5 Å². The first-order chi connectivity index (χ1) is 13.2. The maximum absolute atomic E-state index is 12.5. The molecule has 0 unspecified atom stereocenters. The van der Waals surface area contributed by atoms with Gasteiger partial charge in [0.15, 0.2) is 0 Å². The molecule has 1 amide bonds. The Morgan fingerprint density at radius 1 is 1.22 bits per heavy atom. The minimum atomic E-state index is -0.0466. The van der Waals surface area contributed by atoms with E-state index >= 15 is 0 Å². The van der Waals surface area contributed by atoms with Gasteiger partial charge in [-0.3, -0.25) is 4.79 Å². The van der Waals surface area contributed by atoms with E-state index in [0.717, 1.165) is 28.0 Å². The molecule has 3 aromatic rings. The van der Waals surface area contributed by atoms with Gasteiger partial charge in [-0.1, -0.05) is 12.1 Å². The Labute approximate surface area is 167 Å². The summed E-state index contributed by atoms with van der Waals surface area (Å²) >= 11 is 3.96. The molecule has 0 radical (unpaired) electrons. The van der Waals surface area contributed by atoms with Gasteiger partial charge in [-0.15, -0.1) is 23.5 Å². The van der Waals surface area contributed by atoms with Gasteiger partial charge in [0.25, 0.3) is 0 Å². The van der Waals surface area contributed by atoms with E-state index < -0.39 is 0 Å². The molecule has 0 aliphatic carbocycles. The van der Waals surface area contributed by atoms with Crippen LogP contribution >= 0.6 is 23.5 Å². The van der Waals surface area contributed by atoms with Crippen molar-refractivity contribution in [2.24, 2.45) is 0 Å². The fourth-order valence-electron chi connectivity index (χ4n) is 3.15. The van der Waals surface area contributed by atoms with Gasteiger partial charge in [-0.2, -0.15) is 0 Å². The fourth-order valence-corrected chi connectivity index (χ4v) is 6.02. The van der Waals surface area contributed by atoms with Crippen LogP contribution in [0, 0.1) is 0 Å². The van der Waals surface area contributed by atoms with E-state index in [4.69, 9.17) is 9.15 Å². The zero-order valence-electron chi connectivity index (χ0n) is 15.1. The van der Waals surface area contributed by atoms with E-state index in [2.05, 4.69) is 17.4 Å². The number of rotatable bonds is 5. The first-order valence-electron chi connectivity index (χ1n) is 8.90. The van der Waals surface area contributed by atoms with Crippen LogP contribution in [0.2, 0.25) is 0 Å². The van der Waals surface area contributed by atoms with Crippen LogP contribution in [-0.4, -0.2) is 24.5 Å². The van der Waals surface area contributed by atoms with Crippen LogP contribution in [0.5, 0.6) is 5.75 Å². The molecule has 1 aliphatic rings. The molecule has 2 aromatic carbocycles. The molecule has 4 rings (SSSR count). The van der Waals surface area contributed by atoms with Gasteiger partial charge in [0.1, 0.15) is 11.3 Å². The second-order valence-corrected chi connectivity index (χ2v) is 9.12. The van der Waals surface area contributed by atoms with Crippen LogP contribution in [-0.2, 0) is 11.2 Å². The highest BCUT2D eigenvalue weighted by Crippen LogP contribution is 2.44. The summed E-state index contributed by atoms with van der Waals surface area (Å²) in [7, 11) is 1.62. The fraction of sp³-hybridized carbons (Fsp3) is 0.286. The number of hydrogen-bond donors (Lipinski definition) is 1. The second-order valence-electron chi connectivity index (χ2n) is 6.40. The molecule has 1 aromatic heterocycles. The Balaban J connectivity index is 1.45. The number of carbonyl (C=O) groups is 1. The standard InChI is InChI=1S/C21H21NO3S2/c1-24-17-6-7-18-15(13-25-19(18)12-17)11-20(23)22-16-5-2-4-14(10-16)21-26-8-3-9-27-21/h2,4-7,10,12-13,21H,3,8-9,11H2,1H3,(H,22,23). The van der Waals surface area contributed by atoms with Gasteiger partial charge in [-0.05, 0) is 47.8 Å². The van der Waals surface area contributed by atoms with Crippen molar-refractivity contribution in [3.05, 3.63) is 59.9 Å². The highest BCUT2D eigenvalue weighted by atomic mass is 32.2. The van der Waals surface area contributed by atoms with Crippen molar-refractivity contribution < 1.29 is 13.9 Å². The zero-order valence-corrected chi connectivity index (χ0v) is 16.7. The molecule has 6 heteroatoms. The molecule has 0 bridgehead atoms. The summed E-state index contributed by atoms with van der Waals surface area (Å²) < 4.78 is 11.2. The number of carbonyl (C=O) groups excluding carboxylic acids is 1. The quantitative estimate of drug-likeness (QED) is 0.615. The van der Waals surface area contributed by atoms with E-state index in [9.17, 15) is 4.79 Å². The summed E-state index contributed by atoms with van der Waals surface area (Å²) in [4.78, 5) is 12.5. The lowest BCUT2D eigenvalue weighted by molar-refractivity contribution is -0.115. The van der Waals surface area contributed by atoms with Crippen molar-refractivity contribution in [3.8, 4) is 5.75 Å². The minimum absolute atomic E-state index is 0.0466. The average Bonchev–Trinajstić information content (AvgIpc) is 3.10. The van der Waals surface area contributed by atoms with Crippen LogP contribution < -0.4 is 10.1 Å². The van der Waals surface area contributed by atoms with Gasteiger partial charge >= 0.3 is 0 Å². The molecule has 0 saturated carbocycles. The molecule has 1 saturated heterocycles. The number of benzene rings is 2. The Kier molecular flexibility index (Phi) is 5.64. The smallest absolute Gasteiger partial charge is 0.228 e. The van der Waals surface area contributed by atoms with E-state index in [1.807, 2.05) is 53.9 Å². The SMILES string of the molecule is COc1ccc2c(CC(=O)Nc3cccc(C4SCCCS4)c3)coc2c1. The van der Waals surface area contributed by atoms with Gasteiger partial charge in [0.05, 0.1) is 24.4 Å². The van der Waals surface area contributed by atoms with Gasteiger partial charge in [-0.25, -0.2) is 0 Å². The van der Waals surface area contributed by atoms with E-state index in [-0.39, 0.29) is 12.3 Å². The zero-order chi connectivity index (χ0) is 18.6. The highest BCUT2D eigenvalue weighted by Gasteiger charge is 2.17. The highest BCUT2D eigenvalue weighted by molar-refractivity contribution is 8.16. The van der Waals surface area contributed by atoms with Crippen molar-refractivity contribution in [3.63, 3.8) is 0 Å². The molecule has 1 aliphatic heterocycles. The van der Waals surface area contributed by atoms with Crippen LogP contribution in [0.1, 0.15) is 22.1 Å². The van der Waals surface area contributed by atoms with Crippen molar-refractivity contribution in [2.45, 2.75) is 17.4 Å². The third-order valence-corrected chi connectivity index (χ3v) is 7.50. The number of hydrogen-bond acceptors (Lipinski definition) is 5. The average molecular weight is 400 g/mol. The molecule has 1 N–H and O–H groups in total. The van der Waals surface area contributed by atoms with Crippen LogP contribution in [0.4, 0.5) is 5.69 Å². The van der Waals surface area contributed by atoms with Gasteiger partial charge in [0.2, 0.25) is 5.91 Å². The molecular formula is C21H21NO3S2. The molecule has 2 heterocycles. The number of methoxy groups -OCH3 is 1. The maximum Gasteiger partial charge on any atom is 0.228 e. The van der Waals surface area contributed by atoms with Crippen LogP contribution in [0.15, 0.2) is 53.1 Å². The lowest BCUT2D eigenvalue weighted by Crippen LogP contribution is -2.14. The third kappa shape index (κ3) is 4.28. The molecular weight excluding hydrogens is 378 g/mol. The number of nitrogens with one attached hydrogen (secondary N) is 1. The normalized spacial score (nSPS) is 15.0. The lowest BCUT2D eigenvalue weighted by atomic mass is 10.1. The molecule has 0 spiro atoms. The summed E-state index contributed by atoms with van der Waals surface area (Å²) in [5.41, 5.74) is 3.72. The molecule has 140 valence electrons. The number of furan rings is 1. The largest absolute Gasteiger partial charge is 0.497 e. The first kappa shape index (κ1) is 18.3. The number of anilines is 1. The Hall–Kier alpha value is -2.05. The summed E-state index contributed by atoms with van der Waals surface area (Å²) in [6.07, 6.45) is 3.19. The van der Waals surface area contributed by atoms with Crippen LogP contribution in [0.3, 0.4) is 0 Å². The number of ether oxygens (including phenoxy) is 1. The van der Waals surface area contributed by atoms with Gasteiger partial charge < -0.3 is 14.5 Å². The Morgan fingerprint density at radius 3 is 2.89 bits per heavy atom. The summed E-state index contributed by atoms with van der Waals surface area (Å²) in [5, 5.41) is 3.96. The lowest BCUT2D eigenvalue weighted by Gasteiger charge is -2.21. The summed E-state index contributed by atoms with van der Waals surface area (Å²) in [6, 6.07) is 13.8. The number of fused-ring (bicyclic) bond motifs is 1. The second kappa shape index (κ2) is 8.31. The molecule has 1 fully saturated rings. The molecule has 27 heavy (non-hydrogen) atoms. The minimum Gasteiger partial charge on any atom is -0.497 e. The summed E-state index contributed by atoms with van der Waals surface area (Å²) in [5.74, 6) is 3.09. The summed E-state index contributed by atoms with van der Waals surface area (Å²) in [6.45, 7) is 0. The van der Waals surface area contributed by atoms with E-state index in [0.29, 0.717) is 4.58 Å². The van der Waals surface area contributed by atoms with Crippen molar-refractivity contribution in [1.82, 2.24) is 0 Å². The van der Waals surface area contributed by atoms with Crippen molar-refractivity contribution in [2.75, 3.05) is 23.9 Å². The predicted molar refractivity (Wildman–Crippen MR) is 114 cm³/mol. The van der Waals surface area contributed by atoms with Gasteiger partial charge in [0, 0.05) is 22.7 Å². The topological polar surface area (TPSA) is 51.5 Å². The Bertz CT molecular complexity index is 948. The van der Waals surface area contributed by atoms with Crippen LogP contribution in [0.25, 0.3) is 11.0 Å². The molecule has 4 nitrogen and oxygen atoms in total. The number of thioether (sulfide) groups is 2. The maximum atomic E-state index is 12.5. The first-order valence-corrected chi connectivity index (χ1v) is 11.0. The predicted octanol–water partition coefficient (Wildman–Crippen LogP) is 5.49. The number of amides is 1. The third-order valence-electron chi connectivity index (χ3n) is 4.48. The Morgan fingerprint density at radius 2 is 2.07 bits per heavy atom. The molecule has 0 atom stereocenters. The van der Waals surface area contributed by atoms with E-state index in [1.54, 1.807) is 13.4 Å². The monoisotopic (exact) mass is 399 g/mol.